The average molecular weight is 394 g/mol. The van der Waals surface area contributed by atoms with E-state index in [1.807, 2.05) is 44.8 Å². The van der Waals surface area contributed by atoms with E-state index < -0.39 is 0 Å². The monoisotopic (exact) mass is 393 g/mol. The van der Waals surface area contributed by atoms with E-state index in [1.54, 1.807) is 11.3 Å². The Morgan fingerprint density at radius 1 is 0.964 bits per heavy atom. The van der Waals surface area contributed by atoms with Crippen LogP contribution in [-0.2, 0) is 16.1 Å². The second kappa shape index (κ2) is 7.09. The summed E-state index contributed by atoms with van der Waals surface area (Å²) in [7, 11) is 0. The number of rotatable bonds is 4. The Kier molecular flexibility index (Phi) is 4.43. The Morgan fingerprint density at radius 3 is 2.54 bits per heavy atom. The molecule has 2 atom stereocenters. The molecule has 1 aromatic carbocycles. The predicted molar refractivity (Wildman–Crippen MR) is 110 cm³/mol. The topological polar surface area (TPSA) is 45.6 Å². The standard InChI is InChI=1S/C22H23N3O2S/c26-21(15-25-8-7-16-4-1-2-5-19(16)25)23-9-11-24(12-10-23)22(27)18-14-17(18)20-6-3-13-28-20/h1-8,13,17-18H,9-12,14-15H2/t17-,18-/m1/s1. The van der Waals surface area contributed by atoms with E-state index in [9.17, 15) is 9.59 Å². The van der Waals surface area contributed by atoms with Gasteiger partial charge in [0.05, 0.1) is 0 Å². The summed E-state index contributed by atoms with van der Waals surface area (Å²) in [6.45, 7) is 2.89. The van der Waals surface area contributed by atoms with Gasteiger partial charge in [0.2, 0.25) is 11.8 Å². The van der Waals surface area contributed by atoms with E-state index >= 15 is 0 Å². The molecule has 3 aromatic rings. The molecule has 1 aliphatic heterocycles. The van der Waals surface area contributed by atoms with Crippen LogP contribution in [0.2, 0.25) is 0 Å². The van der Waals surface area contributed by atoms with E-state index in [4.69, 9.17) is 0 Å². The van der Waals surface area contributed by atoms with Gasteiger partial charge in [-0.1, -0.05) is 24.3 Å². The number of aromatic nitrogens is 1. The molecule has 2 fully saturated rings. The molecule has 3 heterocycles. The Hall–Kier alpha value is -2.60. The van der Waals surface area contributed by atoms with E-state index in [0.717, 1.165) is 17.3 Å². The maximum atomic E-state index is 12.8. The molecule has 1 saturated carbocycles. The number of hydrogen-bond acceptors (Lipinski definition) is 3. The summed E-state index contributed by atoms with van der Waals surface area (Å²) in [6.07, 6.45) is 2.94. The SMILES string of the molecule is O=C(Cn1ccc2ccccc21)N1CCN(C(=O)[C@@H]2C[C@H]2c2cccs2)CC1. The molecule has 1 aliphatic carbocycles. The van der Waals surface area contributed by atoms with Crippen LogP contribution in [0.4, 0.5) is 0 Å². The van der Waals surface area contributed by atoms with Crippen LogP contribution in [0.5, 0.6) is 0 Å². The molecule has 2 aromatic heterocycles. The lowest BCUT2D eigenvalue weighted by Gasteiger charge is -2.35. The maximum Gasteiger partial charge on any atom is 0.242 e. The van der Waals surface area contributed by atoms with Crippen molar-refractivity contribution in [2.24, 2.45) is 5.92 Å². The molecule has 0 N–H and O–H groups in total. The van der Waals surface area contributed by atoms with E-state index in [0.29, 0.717) is 38.6 Å². The fourth-order valence-corrected chi connectivity index (χ4v) is 5.13. The first kappa shape index (κ1) is 17.5. The second-order valence-corrected chi connectivity index (χ2v) is 8.65. The molecule has 0 radical (unpaired) electrons. The minimum atomic E-state index is 0.122. The number of carbonyl (C=O) groups excluding carboxylic acids is 2. The fourth-order valence-electron chi connectivity index (χ4n) is 4.22. The summed E-state index contributed by atoms with van der Waals surface area (Å²) in [5.41, 5.74) is 1.08. The Morgan fingerprint density at radius 2 is 1.75 bits per heavy atom. The first-order valence-corrected chi connectivity index (χ1v) is 10.7. The molecule has 2 amide bonds. The number of carbonyl (C=O) groups is 2. The highest BCUT2D eigenvalue weighted by Crippen LogP contribution is 2.50. The first-order chi connectivity index (χ1) is 13.7. The molecule has 5 rings (SSSR count). The fraction of sp³-hybridized carbons (Fsp3) is 0.364. The maximum absolute atomic E-state index is 12.8. The number of benzene rings is 1. The summed E-state index contributed by atoms with van der Waals surface area (Å²) in [5, 5.41) is 3.23. The number of para-hydroxylation sites is 1. The molecule has 0 unspecified atom stereocenters. The van der Waals surface area contributed by atoms with Gasteiger partial charge in [-0.05, 0) is 35.4 Å². The minimum Gasteiger partial charge on any atom is -0.339 e. The smallest absolute Gasteiger partial charge is 0.242 e. The highest BCUT2D eigenvalue weighted by atomic mass is 32.1. The Bertz CT molecular complexity index is 1000. The van der Waals surface area contributed by atoms with Gasteiger partial charge >= 0.3 is 0 Å². The minimum absolute atomic E-state index is 0.122. The molecule has 5 nitrogen and oxygen atoms in total. The lowest BCUT2D eigenvalue weighted by Crippen LogP contribution is -2.51. The zero-order valence-electron chi connectivity index (χ0n) is 15.7. The van der Waals surface area contributed by atoms with Crippen LogP contribution >= 0.6 is 11.3 Å². The summed E-state index contributed by atoms with van der Waals surface area (Å²) in [5.74, 6) is 0.944. The lowest BCUT2D eigenvalue weighted by molar-refractivity contribution is -0.140. The average Bonchev–Trinajstić information content (AvgIpc) is 3.14. The van der Waals surface area contributed by atoms with Crippen molar-refractivity contribution in [3.8, 4) is 0 Å². The van der Waals surface area contributed by atoms with Gasteiger partial charge in [0.25, 0.3) is 0 Å². The van der Waals surface area contributed by atoms with Gasteiger partial charge in [0, 0.05) is 54.6 Å². The van der Waals surface area contributed by atoms with Crippen molar-refractivity contribution in [3.63, 3.8) is 0 Å². The van der Waals surface area contributed by atoms with Crippen molar-refractivity contribution < 1.29 is 9.59 Å². The highest BCUT2D eigenvalue weighted by molar-refractivity contribution is 7.10. The van der Waals surface area contributed by atoms with Gasteiger partial charge in [0.1, 0.15) is 6.54 Å². The van der Waals surface area contributed by atoms with Crippen LogP contribution in [0.3, 0.4) is 0 Å². The summed E-state index contributed by atoms with van der Waals surface area (Å²) in [6, 6.07) is 14.3. The van der Waals surface area contributed by atoms with Gasteiger partial charge in [0.15, 0.2) is 0 Å². The first-order valence-electron chi connectivity index (χ1n) is 9.84. The van der Waals surface area contributed by atoms with Gasteiger partial charge < -0.3 is 14.4 Å². The van der Waals surface area contributed by atoms with Gasteiger partial charge in [-0.25, -0.2) is 0 Å². The van der Waals surface area contributed by atoms with Crippen molar-refractivity contribution in [3.05, 3.63) is 58.9 Å². The molecular weight excluding hydrogens is 370 g/mol. The molecule has 0 bridgehead atoms. The van der Waals surface area contributed by atoms with Crippen molar-refractivity contribution in [1.82, 2.24) is 14.4 Å². The number of nitrogens with zero attached hydrogens (tertiary/aromatic N) is 3. The van der Waals surface area contributed by atoms with Crippen molar-refractivity contribution >= 4 is 34.1 Å². The molecular formula is C22H23N3O2S. The van der Waals surface area contributed by atoms with Crippen LogP contribution in [0.1, 0.15) is 17.2 Å². The Labute approximate surface area is 168 Å². The van der Waals surface area contributed by atoms with Crippen molar-refractivity contribution in [1.29, 1.82) is 0 Å². The Balaban J connectivity index is 1.16. The molecule has 144 valence electrons. The van der Waals surface area contributed by atoms with E-state index in [2.05, 4.69) is 23.6 Å². The number of hydrogen-bond donors (Lipinski definition) is 0. The third-order valence-corrected chi connectivity index (χ3v) is 6.95. The second-order valence-electron chi connectivity index (χ2n) is 7.67. The van der Waals surface area contributed by atoms with Crippen LogP contribution in [0.15, 0.2) is 54.0 Å². The quantitative estimate of drug-likeness (QED) is 0.683. The highest BCUT2D eigenvalue weighted by Gasteiger charge is 2.46. The molecule has 28 heavy (non-hydrogen) atoms. The van der Waals surface area contributed by atoms with Crippen molar-refractivity contribution in [2.45, 2.75) is 18.9 Å². The van der Waals surface area contributed by atoms with Crippen LogP contribution < -0.4 is 0 Å². The summed E-state index contributed by atoms with van der Waals surface area (Å²) in [4.78, 5) is 30.7. The van der Waals surface area contributed by atoms with E-state index in [-0.39, 0.29) is 17.7 Å². The third kappa shape index (κ3) is 3.22. The van der Waals surface area contributed by atoms with E-state index in [1.165, 1.54) is 4.88 Å². The van der Waals surface area contributed by atoms with Crippen LogP contribution in [0, 0.1) is 5.92 Å². The van der Waals surface area contributed by atoms with Gasteiger partial charge in [-0.3, -0.25) is 9.59 Å². The van der Waals surface area contributed by atoms with Gasteiger partial charge in [-0.15, -0.1) is 11.3 Å². The number of thiophene rings is 1. The third-order valence-electron chi connectivity index (χ3n) is 5.95. The predicted octanol–water partition coefficient (Wildman–Crippen LogP) is 3.18. The molecule has 0 spiro atoms. The van der Waals surface area contributed by atoms with Crippen molar-refractivity contribution in [2.75, 3.05) is 26.2 Å². The zero-order chi connectivity index (χ0) is 19.1. The summed E-state index contributed by atoms with van der Waals surface area (Å²) < 4.78 is 2.00. The summed E-state index contributed by atoms with van der Waals surface area (Å²) >= 11 is 1.74. The lowest BCUT2D eigenvalue weighted by atomic mass is 10.2. The zero-order valence-corrected chi connectivity index (χ0v) is 16.5. The van der Waals surface area contributed by atoms with Gasteiger partial charge in [-0.2, -0.15) is 0 Å². The van der Waals surface area contributed by atoms with Crippen LogP contribution in [0.25, 0.3) is 10.9 Å². The number of piperazine rings is 1. The molecule has 2 aliphatic rings. The van der Waals surface area contributed by atoms with Crippen LogP contribution in [-0.4, -0.2) is 52.4 Å². The number of amides is 2. The number of fused-ring (bicyclic) bond motifs is 1. The molecule has 1 saturated heterocycles. The molecule has 6 heteroatoms. The largest absolute Gasteiger partial charge is 0.339 e. The normalized spacial score (nSPS) is 21.9.